The van der Waals surface area contributed by atoms with Crippen molar-refractivity contribution in [3.05, 3.63) is 23.8 Å². The summed E-state index contributed by atoms with van der Waals surface area (Å²) in [6.07, 6.45) is 3.48. The number of benzene rings is 1. The Labute approximate surface area is 125 Å². The van der Waals surface area contributed by atoms with Crippen molar-refractivity contribution in [3.63, 3.8) is 0 Å². The second-order valence-corrected chi connectivity index (χ2v) is 6.02. The van der Waals surface area contributed by atoms with Crippen molar-refractivity contribution in [2.45, 2.75) is 31.3 Å². The van der Waals surface area contributed by atoms with Crippen LogP contribution in [-0.4, -0.2) is 55.0 Å². The molecule has 5 nitrogen and oxygen atoms in total. The van der Waals surface area contributed by atoms with Crippen molar-refractivity contribution in [3.8, 4) is 5.75 Å². The minimum atomic E-state index is 0.0279. The largest absolute Gasteiger partial charge is 0.494 e. The van der Waals surface area contributed by atoms with Crippen LogP contribution in [0, 0.1) is 0 Å². The molecule has 114 valence electrons. The number of para-hydroxylation sites is 1. The molecule has 2 unspecified atom stereocenters. The second kappa shape index (κ2) is 5.56. The molecule has 0 saturated carbocycles. The van der Waals surface area contributed by atoms with Gasteiger partial charge in [0, 0.05) is 25.2 Å². The number of fused-ring (bicyclic) bond motifs is 2. The molecular weight excluding hydrogens is 266 g/mol. The van der Waals surface area contributed by atoms with Crippen LogP contribution in [0.3, 0.4) is 0 Å². The van der Waals surface area contributed by atoms with E-state index in [0.29, 0.717) is 29.1 Å². The summed E-state index contributed by atoms with van der Waals surface area (Å²) in [4.78, 5) is 17.2. The van der Waals surface area contributed by atoms with Gasteiger partial charge in [0.15, 0.2) is 5.75 Å². The van der Waals surface area contributed by atoms with Crippen LogP contribution >= 0.6 is 0 Å². The van der Waals surface area contributed by atoms with Gasteiger partial charge in [0.25, 0.3) is 5.91 Å². The minimum Gasteiger partial charge on any atom is -0.494 e. The molecule has 1 aromatic rings. The number of amides is 1. The Kier molecular flexibility index (Phi) is 3.76. The third kappa shape index (κ3) is 2.46. The fourth-order valence-electron chi connectivity index (χ4n) is 3.61. The van der Waals surface area contributed by atoms with Gasteiger partial charge in [0.05, 0.1) is 18.4 Å². The fourth-order valence-corrected chi connectivity index (χ4v) is 3.61. The first-order valence-electron chi connectivity index (χ1n) is 7.55. The number of nitrogens with zero attached hydrogens (tertiary/aromatic N) is 2. The second-order valence-electron chi connectivity index (χ2n) is 6.02. The van der Waals surface area contributed by atoms with Gasteiger partial charge in [-0.25, -0.2) is 0 Å². The third-order valence-electron chi connectivity index (χ3n) is 4.92. The number of anilines is 1. The van der Waals surface area contributed by atoms with E-state index in [1.807, 2.05) is 4.90 Å². The van der Waals surface area contributed by atoms with Crippen LogP contribution in [0.25, 0.3) is 0 Å². The molecule has 21 heavy (non-hydrogen) atoms. The zero-order chi connectivity index (χ0) is 15.0. The molecular formula is C16H23N3O2. The van der Waals surface area contributed by atoms with Gasteiger partial charge < -0.3 is 15.4 Å². The molecule has 2 heterocycles. The van der Waals surface area contributed by atoms with Crippen LogP contribution in [-0.2, 0) is 0 Å². The smallest absolute Gasteiger partial charge is 0.257 e. The molecule has 1 aromatic carbocycles. The molecule has 2 N–H and O–H groups in total. The Morgan fingerprint density at radius 3 is 2.81 bits per heavy atom. The molecule has 5 heteroatoms. The van der Waals surface area contributed by atoms with Gasteiger partial charge in [-0.3, -0.25) is 9.69 Å². The number of hydrogen-bond donors (Lipinski definition) is 1. The van der Waals surface area contributed by atoms with Crippen LogP contribution in [0.4, 0.5) is 5.69 Å². The van der Waals surface area contributed by atoms with Crippen LogP contribution in [0.2, 0.25) is 0 Å². The molecule has 2 bridgehead atoms. The van der Waals surface area contributed by atoms with E-state index in [1.165, 1.54) is 12.8 Å². The quantitative estimate of drug-likeness (QED) is 0.840. The first kappa shape index (κ1) is 14.2. The van der Waals surface area contributed by atoms with Crippen LogP contribution in [0.1, 0.15) is 29.6 Å². The number of ether oxygens (including phenoxy) is 1. The molecule has 2 saturated heterocycles. The lowest BCUT2D eigenvalue weighted by atomic mass is 10.1. The normalized spacial score (nSPS) is 25.7. The Morgan fingerprint density at radius 1 is 1.29 bits per heavy atom. The molecule has 0 aromatic heterocycles. The van der Waals surface area contributed by atoms with E-state index in [9.17, 15) is 4.79 Å². The zero-order valence-electron chi connectivity index (χ0n) is 12.7. The number of nitrogen functional groups attached to an aromatic ring is 1. The first-order valence-corrected chi connectivity index (χ1v) is 7.55. The van der Waals surface area contributed by atoms with Gasteiger partial charge in [0.1, 0.15) is 0 Å². The number of rotatable bonds is 2. The Balaban J connectivity index is 1.84. The van der Waals surface area contributed by atoms with Crippen molar-refractivity contribution in [2.75, 3.05) is 33.0 Å². The van der Waals surface area contributed by atoms with Crippen LogP contribution < -0.4 is 10.5 Å². The van der Waals surface area contributed by atoms with Gasteiger partial charge in [-0.05, 0) is 38.4 Å². The maximum atomic E-state index is 12.8. The summed E-state index contributed by atoms with van der Waals surface area (Å²) in [5, 5.41) is 0. The zero-order valence-corrected chi connectivity index (χ0v) is 12.7. The van der Waals surface area contributed by atoms with Gasteiger partial charge in [-0.2, -0.15) is 0 Å². The Morgan fingerprint density at radius 2 is 2.05 bits per heavy atom. The van der Waals surface area contributed by atoms with Crippen molar-refractivity contribution in [1.82, 2.24) is 9.80 Å². The lowest BCUT2D eigenvalue weighted by Crippen LogP contribution is -2.39. The van der Waals surface area contributed by atoms with E-state index in [4.69, 9.17) is 10.5 Å². The summed E-state index contributed by atoms with van der Waals surface area (Å²) < 4.78 is 5.32. The molecule has 3 rings (SSSR count). The number of methoxy groups -OCH3 is 1. The van der Waals surface area contributed by atoms with Crippen LogP contribution in [0.15, 0.2) is 18.2 Å². The highest BCUT2D eigenvalue weighted by Gasteiger charge is 2.36. The van der Waals surface area contributed by atoms with Gasteiger partial charge in [-0.1, -0.05) is 6.07 Å². The van der Waals surface area contributed by atoms with Gasteiger partial charge >= 0.3 is 0 Å². The molecule has 2 aliphatic heterocycles. The van der Waals surface area contributed by atoms with Gasteiger partial charge in [-0.15, -0.1) is 0 Å². The molecule has 2 aliphatic rings. The van der Waals surface area contributed by atoms with E-state index in [2.05, 4.69) is 11.9 Å². The van der Waals surface area contributed by atoms with Crippen molar-refractivity contribution in [1.29, 1.82) is 0 Å². The molecule has 0 aliphatic carbocycles. The van der Waals surface area contributed by atoms with E-state index in [-0.39, 0.29) is 5.91 Å². The predicted octanol–water partition coefficient (Wildman–Crippen LogP) is 1.59. The van der Waals surface area contributed by atoms with E-state index in [0.717, 1.165) is 19.5 Å². The average Bonchev–Trinajstić information content (AvgIpc) is 2.71. The highest BCUT2D eigenvalue weighted by Crippen LogP contribution is 2.31. The van der Waals surface area contributed by atoms with Crippen molar-refractivity contribution < 1.29 is 9.53 Å². The fraction of sp³-hybridized carbons (Fsp3) is 0.562. The summed E-state index contributed by atoms with van der Waals surface area (Å²) in [7, 11) is 3.73. The first-order chi connectivity index (χ1) is 10.1. The lowest BCUT2D eigenvalue weighted by molar-refractivity contribution is 0.0737. The highest BCUT2D eigenvalue weighted by molar-refractivity contribution is 5.98. The molecule has 2 atom stereocenters. The SMILES string of the molecule is COc1c(N)cccc1C(=O)N1CCC2CCC(C1)N2C. The van der Waals surface area contributed by atoms with E-state index >= 15 is 0 Å². The summed E-state index contributed by atoms with van der Waals surface area (Å²) in [6.45, 7) is 1.60. The molecule has 1 amide bonds. The predicted molar refractivity (Wildman–Crippen MR) is 82.5 cm³/mol. The average molecular weight is 289 g/mol. The number of carbonyl (C=O) groups excluding carboxylic acids is 1. The van der Waals surface area contributed by atoms with Crippen LogP contribution in [0.5, 0.6) is 5.75 Å². The summed E-state index contributed by atoms with van der Waals surface area (Å²) in [5.41, 5.74) is 6.99. The molecule has 2 fully saturated rings. The summed E-state index contributed by atoms with van der Waals surface area (Å²) in [6, 6.07) is 6.46. The van der Waals surface area contributed by atoms with Crippen molar-refractivity contribution >= 4 is 11.6 Å². The molecule has 0 radical (unpaired) electrons. The lowest BCUT2D eigenvalue weighted by Gasteiger charge is -2.26. The van der Waals surface area contributed by atoms with E-state index in [1.54, 1.807) is 25.3 Å². The summed E-state index contributed by atoms with van der Waals surface area (Å²) >= 11 is 0. The number of nitrogens with two attached hydrogens (primary N) is 1. The Bertz CT molecular complexity index is 546. The van der Waals surface area contributed by atoms with Gasteiger partial charge in [0.2, 0.25) is 0 Å². The standard InChI is InChI=1S/C16H23N3O2/c1-18-11-6-7-12(18)10-19(9-8-11)16(20)13-4-3-5-14(17)15(13)21-2/h3-5,11-12H,6-10,17H2,1-2H3. The topological polar surface area (TPSA) is 58.8 Å². The Hall–Kier alpha value is -1.75. The number of carbonyl (C=O) groups is 1. The number of likely N-dealkylation sites (N-methyl/N-ethyl adjacent to an activating group) is 1. The minimum absolute atomic E-state index is 0.0279. The summed E-state index contributed by atoms with van der Waals surface area (Å²) in [5.74, 6) is 0.519. The maximum absolute atomic E-state index is 12.8. The van der Waals surface area contributed by atoms with Crippen molar-refractivity contribution in [2.24, 2.45) is 0 Å². The third-order valence-corrected chi connectivity index (χ3v) is 4.92. The highest BCUT2D eigenvalue weighted by atomic mass is 16.5. The number of likely N-dealkylation sites (tertiary alicyclic amines) is 1. The monoisotopic (exact) mass is 289 g/mol. The molecule has 0 spiro atoms. The maximum Gasteiger partial charge on any atom is 0.257 e. The van der Waals surface area contributed by atoms with E-state index < -0.39 is 0 Å². The number of hydrogen-bond acceptors (Lipinski definition) is 4.